The van der Waals surface area contributed by atoms with Gasteiger partial charge in [0.15, 0.2) is 11.7 Å². The van der Waals surface area contributed by atoms with Gasteiger partial charge in [0.25, 0.3) is 0 Å². The number of carboxylic acids is 2. The highest BCUT2D eigenvalue weighted by Crippen LogP contribution is 2.12. The molecule has 0 saturated heterocycles. The number of rotatable bonds is 4. The van der Waals surface area contributed by atoms with E-state index in [2.05, 4.69) is 10.3 Å². The third kappa shape index (κ3) is 1.70. The Morgan fingerprint density at radius 3 is 2.64 bits per heavy atom. The molecule has 14 heavy (non-hydrogen) atoms. The highest BCUT2D eigenvalue weighted by atomic mass is 16.4. The Balaban J connectivity index is 3.10. The minimum atomic E-state index is -1.24. The van der Waals surface area contributed by atoms with E-state index < -0.39 is 18.0 Å². The van der Waals surface area contributed by atoms with Gasteiger partial charge in [-0.3, -0.25) is 0 Å². The maximum atomic E-state index is 10.7. The van der Waals surface area contributed by atoms with E-state index in [1.54, 1.807) is 6.92 Å². The lowest BCUT2D eigenvalue weighted by atomic mass is 10.2. The van der Waals surface area contributed by atoms with Gasteiger partial charge in [-0.15, -0.1) is 5.10 Å². The molecule has 0 aliphatic heterocycles. The Kier molecular flexibility index (Phi) is 2.80. The van der Waals surface area contributed by atoms with Crippen molar-refractivity contribution < 1.29 is 19.8 Å². The van der Waals surface area contributed by atoms with Crippen LogP contribution in [0.4, 0.5) is 0 Å². The second kappa shape index (κ2) is 3.86. The fraction of sp³-hybridized carbons (Fsp3) is 0.429. The van der Waals surface area contributed by atoms with Crippen molar-refractivity contribution in [3.05, 3.63) is 11.9 Å². The van der Waals surface area contributed by atoms with Gasteiger partial charge in [0.05, 0.1) is 6.20 Å². The molecule has 1 atom stereocenters. The molecule has 1 rings (SSSR count). The molecule has 0 aliphatic rings. The predicted octanol–water partition coefficient (Wildman–Crippen LogP) is 0.0120. The monoisotopic (exact) mass is 199 g/mol. The van der Waals surface area contributed by atoms with Gasteiger partial charge in [-0.1, -0.05) is 12.1 Å². The fourth-order valence-corrected chi connectivity index (χ4v) is 1.08. The van der Waals surface area contributed by atoms with Crippen LogP contribution >= 0.6 is 0 Å². The molecule has 1 aromatic rings. The molecule has 0 spiro atoms. The summed E-state index contributed by atoms with van der Waals surface area (Å²) in [5.41, 5.74) is -0.223. The van der Waals surface area contributed by atoms with Crippen LogP contribution in [0.15, 0.2) is 6.20 Å². The van der Waals surface area contributed by atoms with Crippen molar-refractivity contribution in [2.45, 2.75) is 19.4 Å². The minimum Gasteiger partial charge on any atom is -0.480 e. The summed E-state index contributed by atoms with van der Waals surface area (Å²) in [5, 5.41) is 24.3. The topological polar surface area (TPSA) is 105 Å². The Hall–Kier alpha value is -1.92. The maximum absolute atomic E-state index is 10.7. The van der Waals surface area contributed by atoms with Crippen LogP contribution in [0, 0.1) is 0 Å². The first-order valence-electron chi connectivity index (χ1n) is 3.94. The lowest BCUT2D eigenvalue weighted by Gasteiger charge is -2.10. The molecule has 0 fully saturated rings. The van der Waals surface area contributed by atoms with E-state index in [1.807, 2.05) is 0 Å². The lowest BCUT2D eigenvalue weighted by Crippen LogP contribution is -2.23. The average Bonchev–Trinajstić information content (AvgIpc) is 2.53. The van der Waals surface area contributed by atoms with Crippen molar-refractivity contribution in [1.82, 2.24) is 15.0 Å². The van der Waals surface area contributed by atoms with Crippen molar-refractivity contribution in [1.29, 1.82) is 0 Å². The Labute approximate surface area is 79.0 Å². The zero-order chi connectivity index (χ0) is 10.7. The van der Waals surface area contributed by atoms with Crippen LogP contribution in [-0.2, 0) is 4.79 Å². The number of hydrogen-bond donors (Lipinski definition) is 2. The summed E-state index contributed by atoms with van der Waals surface area (Å²) >= 11 is 0. The number of aromatic carboxylic acids is 1. The van der Waals surface area contributed by atoms with Gasteiger partial charge in [0.1, 0.15) is 0 Å². The highest BCUT2D eigenvalue weighted by Gasteiger charge is 2.23. The SMILES string of the molecule is CCC(C(=O)O)n1nncc1C(=O)O. The molecule has 0 aromatic carbocycles. The summed E-state index contributed by atoms with van der Waals surface area (Å²) in [7, 11) is 0. The van der Waals surface area contributed by atoms with Crippen molar-refractivity contribution in [3.63, 3.8) is 0 Å². The Morgan fingerprint density at radius 2 is 2.21 bits per heavy atom. The van der Waals surface area contributed by atoms with E-state index in [0.29, 0.717) is 0 Å². The zero-order valence-electron chi connectivity index (χ0n) is 7.41. The van der Waals surface area contributed by atoms with Gasteiger partial charge in [0, 0.05) is 0 Å². The lowest BCUT2D eigenvalue weighted by molar-refractivity contribution is -0.141. The molecule has 76 valence electrons. The van der Waals surface area contributed by atoms with Gasteiger partial charge < -0.3 is 10.2 Å². The first-order chi connectivity index (χ1) is 6.57. The summed E-state index contributed by atoms with van der Waals surface area (Å²) in [5.74, 6) is -2.37. The van der Waals surface area contributed by atoms with Crippen LogP contribution in [0.2, 0.25) is 0 Å². The van der Waals surface area contributed by atoms with E-state index in [4.69, 9.17) is 10.2 Å². The number of hydrogen-bond acceptors (Lipinski definition) is 4. The van der Waals surface area contributed by atoms with Crippen LogP contribution in [0.1, 0.15) is 29.9 Å². The molecular formula is C7H9N3O4. The van der Waals surface area contributed by atoms with Gasteiger partial charge >= 0.3 is 11.9 Å². The Bertz CT molecular complexity index is 360. The standard InChI is InChI=1S/C7H9N3O4/c1-2-4(6(11)12)10-5(7(13)14)3-8-9-10/h3-4H,2H2,1H3,(H,11,12)(H,13,14). The second-order valence-electron chi connectivity index (χ2n) is 2.63. The fourth-order valence-electron chi connectivity index (χ4n) is 1.08. The number of carboxylic acid groups (broad SMARTS) is 2. The molecular weight excluding hydrogens is 190 g/mol. The van der Waals surface area contributed by atoms with Crippen LogP contribution < -0.4 is 0 Å². The van der Waals surface area contributed by atoms with Crippen molar-refractivity contribution in [2.75, 3.05) is 0 Å². The van der Waals surface area contributed by atoms with Gasteiger partial charge in [-0.25, -0.2) is 14.3 Å². The average molecular weight is 199 g/mol. The van der Waals surface area contributed by atoms with Crippen LogP contribution in [-0.4, -0.2) is 37.1 Å². The third-order valence-electron chi connectivity index (χ3n) is 1.76. The Morgan fingerprint density at radius 1 is 1.57 bits per heavy atom. The van der Waals surface area contributed by atoms with Gasteiger partial charge in [-0.05, 0) is 6.42 Å². The molecule has 0 radical (unpaired) electrons. The molecule has 2 N–H and O–H groups in total. The van der Waals surface area contributed by atoms with Gasteiger partial charge in [-0.2, -0.15) is 0 Å². The maximum Gasteiger partial charge on any atom is 0.355 e. The van der Waals surface area contributed by atoms with E-state index >= 15 is 0 Å². The van der Waals surface area contributed by atoms with E-state index in [-0.39, 0.29) is 12.1 Å². The number of nitrogens with zero attached hydrogens (tertiary/aromatic N) is 3. The molecule has 1 heterocycles. The molecule has 7 heteroatoms. The first-order valence-corrected chi connectivity index (χ1v) is 3.94. The summed E-state index contributed by atoms with van der Waals surface area (Å²) in [4.78, 5) is 21.4. The molecule has 0 saturated carbocycles. The van der Waals surface area contributed by atoms with Crippen molar-refractivity contribution in [3.8, 4) is 0 Å². The summed E-state index contributed by atoms with van der Waals surface area (Å²) < 4.78 is 0.894. The summed E-state index contributed by atoms with van der Waals surface area (Å²) in [6.07, 6.45) is 1.27. The van der Waals surface area contributed by atoms with E-state index in [1.165, 1.54) is 0 Å². The highest BCUT2D eigenvalue weighted by molar-refractivity contribution is 5.86. The summed E-state index contributed by atoms with van der Waals surface area (Å²) in [6, 6.07) is -0.983. The minimum absolute atomic E-state index is 0.223. The molecule has 1 aromatic heterocycles. The van der Waals surface area contributed by atoms with E-state index in [0.717, 1.165) is 10.9 Å². The number of aromatic nitrogens is 3. The molecule has 0 aliphatic carbocycles. The summed E-state index contributed by atoms with van der Waals surface area (Å²) in [6.45, 7) is 1.63. The molecule has 0 amide bonds. The second-order valence-corrected chi connectivity index (χ2v) is 2.63. The number of aliphatic carboxylic acids is 1. The van der Waals surface area contributed by atoms with Gasteiger partial charge in [0.2, 0.25) is 0 Å². The molecule has 7 nitrogen and oxygen atoms in total. The molecule has 1 unspecified atom stereocenters. The van der Waals surface area contributed by atoms with Crippen molar-refractivity contribution >= 4 is 11.9 Å². The molecule has 0 bridgehead atoms. The van der Waals surface area contributed by atoms with E-state index in [9.17, 15) is 9.59 Å². The largest absolute Gasteiger partial charge is 0.480 e. The van der Waals surface area contributed by atoms with Crippen LogP contribution in [0.5, 0.6) is 0 Å². The van der Waals surface area contributed by atoms with Crippen LogP contribution in [0.3, 0.4) is 0 Å². The van der Waals surface area contributed by atoms with Crippen LogP contribution in [0.25, 0.3) is 0 Å². The number of carbonyl (C=O) groups is 2. The zero-order valence-corrected chi connectivity index (χ0v) is 7.41. The van der Waals surface area contributed by atoms with Crippen molar-refractivity contribution in [2.24, 2.45) is 0 Å². The predicted molar refractivity (Wildman–Crippen MR) is 43.9 cm³/mol. The third-order valence-corrected chi connectivity index (χ3v) is 1.76. The first kappa shape index (κ1) is 10.2. The normalized spacial score (nSPS) is 12.4. The quantitative estimate of drug-likeness (QED) is 0.707. The smallest absolute Gasteiger partial charge is 0.355 e.